The number of aryl methyl sites for hydroxylation is 1. The first-order valence-electron chi connectivity index (χ1n) is 14.0. The highest BCUT2D eigenvalue weighted by molar-refractivity contribution is 5.70. The van der Waals surface area contributed by atoms with Crippen LogP contribution in [-0.2, 0) is 26.8 Å². The van der Waals surface area contributed by atoms with Crippen LogP contribution in [0.2, 0.25) is 0 Å². The number of phenols is 1. The molecule has 0 amide bonds. The summed E-state index contributed by atoms with van der Waals surface area (Å²) in [7, 11) is 0. The summed E-state index contributed by atoms with van der Waals surface area (Å²) in [6, 6.07) is 4.17. The monoisotopic (exact) mass is 474 g/mol. The van der Waals surface area contributed by atoms with Gasteiger partial charge in [0.1, 0.15) is 5.75 Å². The molecular weight excluding hydrogens is 420 g/mol. The summed E-state index contributed by atoms with van der Waals surface area (Å²) < 4.78 is 5.47. The molecule has 0 radical (unpaired) electrons. The van der Waals surface area contributed by atoms with Crippen molar-refractivity contribution in [1.29, 1.82) is 0 Å². The van der Waals surface area contributed by atoms with E-state index in [9.17, 15) is 9.90 Å². The molecule has 0 fully saturated rings. The lowest BCUT2D eigenvalue weighted by Crippen LogP contribution is -2.18. The largest absolute Gasteiger partial charge is 0.507 e. The van der Waals surface area contributed by atoms with Crippen LogP contribution >= 0.6 is 0 Å². The van der Waals surface area contributed by atoms with Gasteiger partial charge in [0.15, 0.2) is 0 Å². The number of benzene rings is 1. The van der Waals surface area contributed by atoms with Crippen molar-refractivity contribution in [3.8, 4) is 5.75 Å². The second-order valence-corrected chi connectivity index (χ2v) is 12.1. The SMILES string of the molecule is CCCCCCCCCCCCCCOC(=O)CCc1cc(C(C)(C)C)cc(C(C)(C)C)c1O. The minimum absolute atomic E-state index is 0.0163. The Hall–Kier alpha value is -1.51. The summed E-state index contributed by atoms with van der Waals surface area (Å²) in [4.78, 5) is 12.3. The number of rotatable bonds is 16. The molecule has 1 rings (SSSR count). The zero-order valence-electron chi connectivity index (χ0n) is 23.5. The van der Waals surface area contributed by atoms with Crippen molar-refractivity contribution >= 4 is 5.97 Å². The summed E-state index contributed by atoms with van der Waals surface area (Å²) in [5, 5.41) is 10.9. The fourth-order valence-electron chi connectivity index (χ4n) is 4.33. The standard InChI is InChI=1S/C31H54O3/c1-8-9-10-11-12-13-14-15-16-17-18-19-22-34-28(32)21-20-25-23-26(30(2,3)4)24-27(29(25)33)31(5,6)7/h23-24,33H,8-22H2,1-7H3. The van der Waals surface area contributed by atoms with Crippen molar-refractivity contribution < 1.29 is 14.6 Å². The summed E-state index contributed by atoms with van der Waals surface area (Å²) in [5.41, 5.74) is 2.81. The van der Waals surface area contributed by atoms with Gasteiger partial charge >= 0.3 is 5.97 Å². The number of ether oxygens (including phenoxy) is 1. The van der Waals surface area contributed by atoms with Crippen LogP contribution in [0.5, 0.6) is 5.75 Å². The number of aromatic hydroxyl groups is 1. The Morgan fingerprint density at radius 3 is 1.74 bits per heavy atom. The maximum Gasteiger partial charge on any atom is 0.306 e. The van der Waals surface area contributed by atoms with E-state index in [4.69, 9.17) is 4.74 Å². The molecule has 0 heterocycles. The van der Waals surface area contributed by atoms with E-state index in [2.05, 4.69) is 60.6 Å². The van der Waals surface area contributed by atoms with Crippen LogP contribution in [0, 0.1) is 0 Å². The first-order chi connectivity index (χ1) is 16.0. The van der Waals surface area contributed by atoms with Crippen LogP contribution < -0.4 is 0 Å². The van der Waals surface area contributed by atoms with Crippen molar-refractivity contribution in [2.24, 2.45) is 0 Å². The maximum atomic E-state index is 12.3. The van der Waals surface area contributed by atoms with Gasteiger partial charge in [0.05, 0.1) is 6.61 Å². The number of hydrogen-bond acceptors (Lipinski definition) is 3. The predicted molar refractivity (Wildman–Crippen MR) is 146 cm³/mol. The van der Waals surface area contributed by atoms with E-state index in [1.165, 1.54) is 69.8 Å². The van der Waals surface area contributed by atoms with Crippen LogP contribution in [0.1, 0.15) is 149 Å². The average molecular weight is 475 g/mol. The minimum Gasteiger partial charge on any atom is -0.507 e. The lowest BCUT2D eigenvalue weighted by molar-refractivity contribution is -0.143. The van der Waals surface area contributed by atoms with Gasteiger partial charge in [0, 0.05) is 6.42 Å². The molecule has 0 aromatic heterocycles. The van der Waals surface area contributed by atoms with E-state index in [0.29, 0.717) is 25.2 Å². The van der Waals surface area contributed by atoms with Crippen molar-refractivity contribution in [1.82, 2.24) is 0 Å². The Kier molecular flexibility index (Phi) is 13.9. The fraction of sp³-hybridized carbons (Fsp3) is 0.774. The molecule has 0 saturated heterocycles. The fourth-order valence-corrected chi connectivity index (χ4v) is 4.33. The Morgan fingerprint density at radius 1 is 0.765 bits per heavy atom. The molecule has 3 heteroatoms. The highest BCUT2D eigenvalue weighted by Gasteiger charge is 2.25. The third kappa shape index (κ3) is 12.3. The molecule has 1 N–H and O–H groups in total. The van der Waals surface area contributed by atoms with Crippen molar-refractivity contribution in [2.75, 3.05) is 6.61 Å². The summed E-state index contributed by atoms with van der Waals surface area (Å²) in [6.45, 7) is 15.7. The maximum absolute atomic E-state index is 12.3. The van der Waals surface area contributed by atoms with Gasteiger partial charge in [-0.25, -0.2) is 0 Å². The summed E-state index contributed by atoms with van der Waals surface area (Å²) in [5.74, 6) is 0.162. The highest BCUT2D eigenvalue weighted by Crippen LogP contribution is 2.38. The van der Waals surface area contributed by atoms with Gasteiger partial charge in [-0.1, -0.05) is 131 Å². The molecule has 0 aliphatic carbocycles. The smallest absolute Gasteiger partial charge is 0.306 e. The molecule has 1 aromatic rings. The van der Waals surface area contributed by atoms with Gasteiger partial charge in [-0.05, 0) is 40.4 Å². The van der Waals surface area contributed by atoms with Crippen LogP contribution in [-0.4, -0.2) is 17.7 Å². The lowest BCUT2D eigenvalue weighted by Gasteiger charge is -2.27. The molecular formula is C31H54O3. The Morgan fingerprint density at radius 2 is 1.26 bits per heavy atom. The van der Waals surface area contributed by atoms with Crippen molar-refractivity contribution in [3.63, 3.8) is 0 Å². The van der Waals surface area contributed by atoms with E-state index in [-0.39, 0.29) is 16.8 Å². The van der Waals surface area contributed by atoms with Crippen LogP contribution in [0.15, 0.2) is 12.1 Å². The number of unbranched alkanes of at least 4 members (excludes halogenated alkanes) is 11. The zero-order chi connectivity index (χ0) is 25.6. The number of carbonyl (C=O) groups excluding carboxylic acids is 1. The topological polar surface area (TPSA) is 46.5 Å². The Bertz CT molecular complexity index is 707. The average Bonchev–Trinajstić information content (AvgIpc) is 2.74. The van der Waals surface area contributed by atoms with Crippen LogP contribution in [0.3, 0.4) is 0 Å². The number of hydrogen-bond donors (Lipinski definition) is 1. The number of esters is 1. The Labute approximate surface area is 211 Å². The van der Waals surface area contributed by atoms with E-state index < -0.39 is 0 Å². The molecule has 0 spiro atoms. The predicted octanol–water partition coefficient (Wildman–Crippen LogP) is 9.16. The van der Waals surface area contributed by atoms with Gasteiger partial charge < -0.3 is 9.84 Å². The first kappa shape index (κ1) is 30.5. The third-order valence-corrected chi connectivity index (χ3v) is 6.72. The molecule has 0 aliphatic rings. The molecule has 0 atom stereocenters. The van der Waals surface area contributed by atoms with Gasteiger partial charge in [-0.15, -0.1) is 0 Å². The summed E-state index contributed by atoms with van der Waals surface area (Å²) >= 11 is 0. The van der Waals surface area contributed by atoms with E-state index in [1.54, 1.807) is 0 Å². The van der Waals surface area contributed by atoms with E-state index in [0.717, 1.165) is 24.0 Å². The molecule has 0 saturated carbocycles. The molecule has 196 valence electrons. The second-order valence-electron chi connectivity index (χ2n) is 12.1. The van der Waals surface area contributed by atoms with Crippen LogP contribution in [0.25, 0.3) is 0 Å². The number of phenolic OH excluding ortho intramolecular Hbond substituents is 1. The number of carbonyl (C=O) groups is 1. The molecule has 1 aromatic carbocycles. The van der Waals surface area contributed by atoms with Gasteiger partial charge in [0.25, 0.3) is 0 Å². The quantitative estimate of drug-likeness (QED) is 0.192. The molecule has 0 aliphatic heterocycles. The lowest BCUT2D eigenvalue weighted by atomic mass is 9.78. The highest BCUT2D eigenvalue weighted by atomic mass is 16.5. The van der Waals surface area contributed by atoms with Crippen molar-refractivity contribution in [2.45, 2.75) is 149 Å². The van der Waals surface area contributed by atoms with E-state index >= 15 is 0 Å². The second kappa shape index (κ2) is 15.5. The molecule has 34 heavy (non-hydrogen) atoms. The van der Waals surface area contributed by atoms with E-state index in [1.807, 2.05) is 0 Å². The van der Waals surface area contributed by atoms with Crippen LogP contribution in [0.4, 0.5) is 0 Å². The Balaban J connectivity index is 2.30. The molecule has 3 nitrogen and oxygen atoms in total. The minimum atomic E-state index is -0.166. The molecule has 0 bridgehead atoms. The zero-order valence-corrected chi connectivity index (χ0v) is 23.5. The van der Waals surface area contributed by atoms with Crippen molar-refractivity contribution in [3.05, 3.63) is 28.8 Å². The normalized spacial score (nSPS) is 12.2. The molecule has 0 unspecified atom stereocenters. The van der Waals surface area contributed by atoms with Gasteiger partial charge in [-0.3, -0.25) is 4.79 Å². The summed E-state index contributed by atoms with van der Waals surface area (Å²) in [6.07, 6.45) is 16.4. The van der Waals surface area contributed by atoms with Gasteiger partial charge in [0.2, 0.25) is 0 Å². The first-order valence-corrected chi connectivity index (χ1v) is 14.0. The third-order valence-electron chi connectivity index (χ3n) is 6.72. The van der Waals surface area contributed by atoms with Gasteiger partial charge in [-0.2, -0.15) is 0 Å².